The fourth-order valence-electron chi connectivity index (χ4n) is 5.84. The van der Waals surface area contributed by atoms with Gasteiger partial charge in [-0.15, -0.1) is 11.8 Å². The molecule has 1 aromatic carbocycles. The number of carbonyl (C=O) groups is 2. The summed E-state index contributed by atoms with van der Waals surface area (Å²) in [6.45, 7) is 4.41. The van der Waals surface area contributed by atoms with Gasteiger partial charge in [0, 0.05) is 23.7 Å². The van der Waals surface area contributed by atoms with Crippen LogP contribution < -0.4 is 0 Å². The molecule has 0 amide bonds. The van der Waals surface area contributed by atoms with Crippen molar-refractivity contribution in [2.45, 2.75) is 68.4 Å². The second-order valence-corrected chi connectivity index (χ2v) is 10.1. The molecule has 0 N–H and O–H groups in total. The summed E-state index contributed by atoms with van der Waals surface area (Å²) in [6.07, 6.45) is 6.85. The second kappa shape index (κ2) is 6.26. The Labute approximate surface area is 155 Å². The average Bonchev–Trinajstić information content (AvgIpc) is 2.60. The van der Waals surface area contributed by atoms with E-state index in [9.17, 15) is 9.59 Å². The number of fused-ring (bicyclic) bond motifs is 3. The lowest BCUT2D eigenvalue weighted by molar-refractivity contribution is -0.145. The molecule has 134 valence electrons. The molecule has 3 heteroatoms. The van der Waals surface area contributed by atoms with Crippen molar-refractivity contribution in [1.29, 1.82) is 0 Å². The van der Waals surface area contributed by atoms with Gasteiger partial charge in [-0.05, 0) is 48.6 Å². The lowest BCUT2D eigenvalue weighted by Crippen LogP contribution is -2.62. The maximum absolute atomic E-state index is 13.5. The van der Waals surface area contributed by atoms with E-state index in [-0.39, 0.29) is 17.3 Å². The van der Waals surface area contributed by atoms with Crippen LogP contribution in [0.5, 0.6) is 0 Å². The number of carbonyl (C=O) groups excluding carboxylic acids is 2. The molecule has 2 nitrogen and oxygen atoms in total. The van der Waals surface area contributed by atoms with Gasteiger partial charge in [0.15, 0.2) is 0 Å². The SMILES string of the molecule is C[C@@H]1C[C@]2(Sc3ccccc3)C(=O)C[C@@H]3CCCC[C@@]3(C)[C@H]2CC1=O. The third-order valence-electron chi connectivity index (χ3n) is 7.32. The number of benzene rings is 1. The minimum absolute atomic E-state index is 0.000141. The van der Waals surface area contributed by atoms with Gasteiger partial charge < -0.3 is 0 Å². The summed E-state index contributed by atoms with van der Waals surface area (Å²) >= 11 is 1.76. The summed E-state index contributed by atoms with van der Waals surface area (Å²) < 4.78 is -0.405. The smallest absolute Gasteiger partial charge is 0.149 e. The van der Waals surface area contributed by atoms with E-state index in [4.69, 9.17) is 0 Å². The molecule has 0 aromatic heterocycles. The van der Waals surface area contributed by atoms with E-state index in [2.05, 4.69) is 19.1 Å². The normalized spacial score (nSPS) is 41.1. The van der Waals surface area contributed by atoms with E-state index >= 15 is 0 Å². The molecule has 0 spiro atoms. The molecular weight excluding hydrogens is 328 g/mol. The van der Waals surface area contributed by atoms with Gasteiger partial charge >= 0.3 is 0 Å². The van der Waals surface area contributed by atoms with Crippen molar-refractivity contribution >= 4 is 23.3 Å². The van der Waals surface area contributed by atoms with Gasteiger partial charge in [0.25, 0.3) is 0 Å². The Hall–Kier alpha value is -1.09. The van der Waals surface area contributed by atoms with Crippen LogP contribution in [0.15, 0.2) is 35.2 Å². The topological polar surface area (TPSA) is 34.1 Å². The molecule has 0 heterocycles. The van der Waals surface area contributed by atoms with Crippen molar-refractivity contribution in [2.24, 2.45) is 23.2 Å². The fourth-order valence-corrected chi connectivity index (χ4v) is 7.58. The number of Topliss-reactive ketones (excluding diaryl/α,β-unsaturated/α-hetero) is 2. The number of hydrogen-bond donors (Lipinski definition) is 0. The van der Waals surface area contributed by atoms with Gasteiger partial charge in [0.05, 0.1) is 4.75 Å². The first-order chi connectivity index (χ1) is 12.0. The molecule has 5 atom stereocenters. The summed E-state index contributed by atoms with van der Waals surface area (Å²) in [6, 6.07) is 10.3. The predicted octanol–water partition coefficient (Wildman–Crippen LogP) is 5.30. The van der Waals surface area contributed by atoms with Gasteiger partial charge in [0.1, 0.15) is 11.6 Å². The highest BCUT2D eigenvalue weighted by atomic mass is 32.2. The Balaban J connectivity index is 1.79. The zero-order valence-corrected chi connectivity index (χ0v) is 16.1. The van der Waals surface area contributed by atoms with Crippen LogP contribution >= 0.6 is 11.8 Å². The molecule has 0 bridgehead atoms. The molecule has 4 rings (SSSR count). The van der Waals surface area contributed by atoms with Crippen LogP contribution in [0.2, 0.25) is 0 Å². The molecule has 0 saturated heterocycles. The summed E-state index contributed by atoms with van der Waals surface area (Å²) in [5, 5.41) is 0. The van der Waals surface area contributed by atoms with E-state index in [0.717, 1.165) is 12.8 Å². The third kappa shape index (κ3) is 2.70. The summed E-state index contributed by atoms with van der Waals surface area (Å²) in [4.78, 5) is 27.3. The Kier molecular flexibility index (Phi) is 4.34. The summed E-state index contributed by atoms with van der Waals surface area (Å²) in [7, 11) is 0. The molecule has 25 heavy (non-hydrogen) atoms. The minimum Gasteiger partial charge on any atom is -0.299 e. The van der Waals surface area contributed by atoms with E-state index in [1.54, 1.807) is 11.8 Å². The van der Waals surface area contributed by atoms with Gasteiger partial charge in [-0.25, -0.2) is 0 Å². The fraction of sp³-hybridized carbons (Fsp3) is 0.636. The van der Waals surface area contributed by atoms with Crippen LogP contribution in [0.1, 0.15) is 58.8 Å². The first-order valence-electron chi connectivity index (χ1n) is 9.76. The maximum Gasteiger partial charge on any atom is 0.149 e. The van der Waals surface area contributed by atoms with Crippen LogP contribution in [0, 0.1) is 23.2 Å². The van der Waals surface area contributed by atoms with Gasteiger partial charge in [-0.1, -0.05) is 44.9 Å². The van der Waals surface area contributed by atoms with Gasteiger partial charge in [-0.2, -0.15) is 0 Å². The summed E-state index contributed by atoms with van der Waals surface area (Å²) in [5.41, 5.74) is 0.143. The largest absolute Gasteiger partial charge is 0.299 e. The monoisotopic (exact) mass is 356 g/mol. The number of hydrogen-bond acceptors (Lipinski definition) is 3. The third-order valence-corrected chi connectivity index (χ3v) is 8.87. The van der Waals surface area contributed by atoms with Crippen molar-refractivity contribution in [2.75, 3.05) is 0 Å². The second-order valence-electron chi connectivity index (χ2n) is 8.71. The zero-order chi connectivity index (χ0) is 17.7. The molecule has 0 aliphatic heterocycles. The Morgan fingerprint density at radius 2 is 1.84 bits per heavy atom. The lowest BCUT2D eigenvalue weighted by Gasteiger charge is -2.60. The molecule has 0 unspecified atom stereocenters. The van der Waals surface area contributed by atoms with Crippen molar-refractivity contribution < 1.29 is 9.59 Å². The summed E-state index contributed by atoms with van der Waals surface area (Å²) in [5.74, 6) is 1.45. The number of rotatable bonds is 2. The average molecular weight is 357 g/mol. The molecule has 3 saturated carbocycles. The van der Waals surface area contributed by atoms with Gasteiger partial charge in [0.2, 0.25) is 0 Å². The van der Waals surface area contributed by atoms with Crippen LogP contribution in [0.3, 0.4) is 0 Å². The van der Waals surface area contributed by atoms with E-state index in [1.807, 2.05) is 25.1 Å². The van der Waals surface area contributed by atoms with Crippen LogP contribution in [0.4, 0.5) is 0 Å². The first-order valence-corrected chi connectivity index (χ1v) is 10.6. The zero-order valence-electron chi connectivity index (χ0n) is 15.3. The predicted molar refractivity (Wildman–Crippen MR) is 102 cm³/mol. The highest BCUT2D eigenvalue weighted by molar-refractivity contribution is 8.01. The maximum atomic E-state index is 13.5. The van der Waals surface area contributed by atoms with Crippen molar-refractivity contribution in [1.82, 2.24) is 0 Å². The minimum atomic E-state index is -0.405. The highest BCUT2D eigenvalue weighted by Gasteiger charge is 2.63. The van der Waals surface area contributed by atoms with E-state index in [1.165, 1.54) is 24.2 Å². The van der Waals surface area contributed by atoms with Crippen molar-refractivity contribution in [3.63, 3.8) is 0 Å². The molecule has 1 aromatic rings. The highest BCUT2D eigenvalue weighted by Crippen LogP contribution is 2.64. The molecule has 3 aliphatic carbocycles. The lowest BCUT2D eigenvalue weighted by atomic mass is 9.48. The first kappa shape index (κ1) is 17.3. The van der Waals surface area contributed by atoms with Gasteiger partial charge in [-0.3, -0.25) is 9.59 Å². The van der Waals surface area contributed by atoms with Crippen molar-refractivity contribution in [3.8, 4) is 0 Å². The number of thioether (sulfide) groups is 1. The molecule has 3 aliphatic rings. The quantitative estimate of drug-likeness (QED) is 0.721. The molecule has 3 fully saturated rings. The Morgan fingerprint density at radius 1 is 1.08 bits per heavy atom. The molecular formula is C22H28O2S. The van der Waals surface area contributed by atoms with Crippen LogP contribution in [-0.4, -0.2) is 16.3 Å². The number of ketones is 2. The van der Waals surface area contributed by atoms with Crippen LogP contribution in [-0.2, 0) is 9.59 Å². The molecule has 0 radical (unpaired) electrons. The van der Waals surface area contributed by atoms with E-state index < -0.39 is 4.75 Å². The van der Waals surface area contributed by atoms with Crippen LogP contribution in [0.25, 0.3) is 0 Å². The Morgan fingerprint density at radius 3 is 2.60 bits per heavy atom. The Bertz CT molecular complexity index is 685. The van der Waals surface area contributed by atoms with Crippen molar-refractivity contribution in [3.05, 3.63) is 30.3 Å². The standard InChI is InChI=1S/C22H28O2S/c1-15-14-22(25-17-9-4-3-5-10-17)19(13-18(15)23)21(2)11-7-6-8-16(21)12-20(22)24/h3-5,9-10,15-16,19H,6-8,11-14H2,1-2H3/t15-,16+,19-,21-,22-/m1/s1. The van der Waals surface area contributed by atoms with E-state index in [0.29, 0.717) is 30.3 Å².